The van der Waals surface area contributed by atoms with Crippen molar-refractivity contribution in [2.24, 2.45) is 0 Å². The van der Waals surface area contributed by atoms with Gasteiger partial charge >= 0.3 is 6.18 Å². The van der Waals surface area contributed by atoms with Crippen LogP contribution < -0.4 is 5.32 Å². The third kappa shape index (κ3) is 3.07. The van der Waals surface area contributed by atoms with Gasteiger partial charge in [-0.15, -0.1) is 0 Å². The van der Waals surface area contributed by atoms with Crippen LogP contribution in [0.15, 0.2) is 12.1 Å². The largest absolute Gasteiger partial charge is 0.433 e. The van der Waals surface area contributed by atoms with Crippen molar-refractivity contribution in [1.82, 2.24) is 4.98 Å². The molecule has 0 atom stereocenters. The maximum absolute atomic E-state index is 13.2. The Morgan fingerprint density at radius 2 is 1.90 bits per heavy atom. The number of aromatic nitrogens is 1. The molecule has 0 aliphatic carbocycles. The summed E-state index contributed by atoms with van der Waals surface area (Å²) >= 11 is 6.03. The summed E-state index contributed by atoms with van der Waals surface area (Å²) in [6.45, 7) is 5.68. The number of rotatable bonds is 3. The first-order valence-corrected chi connectivity index (χ1v) is 7.05. The van der Waals surface area contributed by atoms with Crippen molar-refractivity contribution in [3.05, 3.63) is 34.0 Å². The van der Waals surface area contributed by atoms with E-state index in [1.165, 1.54) is 6.92 Å². The number of nitrogens with one attached hydrogen (secondary N) is 1. The fraction of sp³-hybridized carbons (Fsp3) is 0.400. The molecule has 2 rings (SSSR count). The number of nitrogens with zero attached hydrogens (tertiary/aromatic N) is 1. The minimum Gasteiger partial charge on any atom is -0.384 e. The molecule has 0 fully saturated rings. The van der Waals surface area contributed by atoms with Gasteiger partial charge in [-0.3, -0.25) is 0 Å². The molecule has 0 aliphatic heterocycles. The molecule has 0 spiro atoms. The van der Waals surface area contributed by atoms with E-state index in [1.807, 2.05) is 6.92 Å². The number of aryl methyl sites for hydroxylation is 1. The standard InChI is InChI=1S/C15H16ClF3N2/c1-4-5-20-13-9(3)14(15(17,18)19)21-12-8(2)6-10(16)7-11(12)13/h6-7H,4-5H2,1-3H3,(H,20,21). The molecule has 1 aromatic carbocycles. The van der Waals surface area contributed by atoms with Crippen molar-refractivity contribution >= 4 is 28.2 Å². The summed E-state index contributed by atoms with van der Waals surface area (Å²) in [5.41, 5.74) is 0.669. The van der Waals surface area contributed by atoms with E-state index >= 15 is 0 Å². The number of halogens is 4. The summed E-state index contributed by atoms with van der Waals surface area (Å²) in [6, 6.07) is 3.28. The normalized spacial score (nSPS) is 12.0. The van der Waals surface area contributed by atoms with Gasteiger partial charge in [-0.2, -0.15) is 13.2 Å². The first-order chi connectivity index (χ1) is 9.75. The average molecular weight is 317 g/mol. The van der Waals surface area contributed by atoms with Crippen molar-refractivity contribution in [3.8, 4) is 0 Å². The van der Waals surface area contributed by atoms with Crippen LogP contribution in [0.25, 0.3) is 10.9 Å². The first kappa shape index (κ1) is 15.9. The molecule has 0 unspecified atom stereocenters. The van der Waals surface area contributed by atoms with Gasteiger partial charge in [0.05, 0.1) is 5.52 Å². The van der Waals surface area contributed by atoms with E-state index in [0.29, 0.717) is 33.7 Å². The van der Waals surface area contributed by atoms with Gasteiger partial charge in [-0.05, 0) is 38.0 Å². The zero-order valence-electron chi connectivity index (χ0n) is 12.0. The van der Waals surface area contributed by atoms with Crippen LogP contribution in [0.1, 0.15) is 30.2 Å². The fourth-order valence-corrected chi connectivity index (χ4v) is 2.62. The Balaban J connectivity index is 2.83. The highest BCUT2D eigenvalue weighted by atomic mass is 35.5. The molecule has 2 nitrogen and oxygen atoms in total. The molecule has 6 heteroatoms. The molecule has 21 heavy (non-hydrogen) atoms. The van der Waals surface area contributed by atoms with Crippen LogP contribution in [0.2, 0.25) is 5.02 Å². The second kappa shape index (κ2) is 5.72. The summed E-state index contributed by atoms with van der Waals surface area (Å²) in [5, 5.41) is 4.18. The summed E-state index contributed by atoms with van der Waals surface area (Å²) < 4.78 is 39.5. The second-order valence-corrected chi connectivity index (χ2v) is 5.44. The van der Waals surface area contributed by atoms with Crippen molar-refractivity contribution < 1.29 is 13.2 Å². The fourth-order valence-electron chi connectivity index (χ4n) is 2.34. The monoisotopic (exact) mass is 316 g/mol. The van der Waals surface area contributed by atoms with E-state index in [4.69, 9.17) is 11.6 Å². The number of hydrogen-bond acceptors (Lipinski definition) is 2. The molecule has 1 N–H and O–H groups in total. The number of benzene rings is 1. The van der Waals surface area contributed by atoms with Crippen molar-refractivity contribution in [3.63, 3.8) is 0 Å². The lowest BCUT2D eigenvalue weighted by Crippen LogP contribution is -2.14. The second-order valence-electron chi connectivity index (χ2n) is 5.00. The molecule has 0 saturated heterocycles. The third-order valence-electron chi connectivity index (χ3n) is 3.31. The first-order valence-electron chi connectivity index (χ1n) is 6.67. The van der Waals surface area contributed by atoms with Crippen molar-refractivity contribution in [2.45, 2.75) is 33.4 Å². The topological polar surface area (TPSA) is 24.9 Å². The van der Waals surface area contributed by atoms with Crippen LogP contribution in [0.3, 0.4) is 0 Å². The molecular formula is C15H16ClF3N2. The maximum Gasteiger partial charge on any atom is 0.433 e. The van der Waals surface area contributed by atoms with Gasteiger partial charge in [-0.1, -0.05) is 18.5 Å². The van der Waals surface area contributed by atoms with Gasteiger partial charge in [0.15, 0.2) is 0 Å². The Kier molecular flexibility index (Phi) is 4.33. The van der Waals surface area contributed by atoms with Gasteiger partial charge in [-0.25, -0.2) is 4.98 Å². The lowest BCUT2D eigenvalue weighted by molar-refractivity contribution is -0.141. The maximum atomic E-state index is 13.2. The third-order valence-corrected chi connectivity index (χ3v) is 3.53. The highest BCUT2D eigenvalue weighted by molar-refractivity contribution is 6.31. The summed E-state index contributed by atoms with van der Waals surface area (Å²) in [4.78, 5) is 3.83. The van der Waals surface area contributed by atoms with Crippen LogP contribution >= 0.6 is 11.6 Å². The summed E-state index contributed by atoms with van der Waals surface area (Å²) in [6.07, 6.45) is -3.67. The zero-order chi connectivity index (χ0) is 15.8. The van der Waals surface area contributed by atoms with E-state index in [-0.39, 0.29) is 5.56 Å². The highest BCUT2D eigenvalue weighted by Gasteiger charge is 2.36. The average Bonchev–Trinajstić information content (AvgIpc) is 2.35. The van der Waals surface area contributed by atoms with E-state index in [0.717, 1.165) is 6.42 Å². The molecular weight excluding hydrogens is 301 g/mol. The van der Waals surface area contributed by atoms with E-state index in [9.17, 15) is 13.2 Å². The van der Waals surface area contributed by atoms with Gasteiger partial charge < -0.3 is 5.32 Å². The Morgan fingerprint density at radius 1 is 1.24 bits per heavy atom. The van der Waals surface area contributed by atoms with Gasteiger partial charge in [0.2, 0.25) is 0 Å². The SMILES string of the molecule is CCCNc1c(C)c(C(F)(F)F)nc2c(C)cc(Cl)cc12. The number of hydrogen-bond donors (Lipinski definition) is 1. The molecule has 1 aromatic heterocycles. The van der Waals surface area contributed by atoms with Crippen molar-refractivity contribution in [2.75, 3.05) is 11.9 Å². The molecule has 0 saturated carbocycles. The number of anilines is 1. The van der Waals surface area contributed by atoms with E-state index in [2.05, 4.69) is 10.3 Å². The predicted octanol–water partition coefficient (Wildman–Crippen LogP) is 5.35. The van der Waals surface area contributed by atoms with E-state index < -0.39 is 11.9 Å². The number of pyridine rings is 1. The molecule has 0 radical (unpaired) electrons. The molecule has 1 heterocycles. The number of fused-ring (bicyclic) bond motifs is 1. The Labute approximate surface area is 126 Å². The zero-order valence-corrected chi connectivity index (χ0v) is 12.8. The number of alkyl halides is 3. The Morgan fingerprint density at radius 3 is 2.48 bits per heavy atom. The summed E-state index contributed by atoms with van der Waals surface area (Å²) in [7, 11) is 0. The minimum absolute atomic E-state index is 0.102. The highest BCUT2D eigenvalue weighted by Crippen LogP contribution is 2.38. The molecule has 2 aromatic rings. The van der Waals surface area contributed by atoms with Crippen LogP contribution in [0.4, 0.5) is 18.9 Å². The van der Waals surface area contributed by atoms with Crippen LogP contribution in [0, 0.1) is 13.8 Å². The molecule has 0 bridgehead atoms. The lowest BCUT2D eigenvalue weighted by Gasteiger charge is -2.18. The van der Waals surface area contributed by atoms with Crippen molar-refractivity contribution in [1.29, 1.82) is 0 Å². The van der Waals surface area contributed by atoms with Gasteiger partial charge in [0.25, 0.3) is 0 Å². The van der Waals surface area contributed by atoms with E-state index in [1.54, 1.807) is 19.1 Å². The van der Waals surface area contributed by atoms with Crippen LogP contribution in [-0.2, 0) is 6.18 Å². The Bertz CT molecular complexity index is 681. The smallest absolute Gasteiger partial charge is 0.384 e. The lowest BCUT2D eigenvalue weighted by atomic mass is 10.0. The van der Waals surface area contributed by atoms with Gasteiger partial charge in [0, 0.05) is 28.2 Å². The molecule has 0 aliphatic rings. The van der Waals surface area contributed by atoms with Crippen LogP contribution in [0.5, 0.6) is 0 Å². The molecule has 0 amide bonds. The predicted molar refractivity (Wildman–Crippen MR) is 80.0 cm³/mol. The van der Waals surface area contributed by atoms with Crippen LogP contribution in [-0.4, -0.2) is 11.5 Å². The summed E-state index contributed by atoms with van der Waals surface area (Å²) in [5.74, 6) is 0. The quantitative estimate of drug-likeness (QED) is 0.826. The Hall–Kier alpha value is -1.49. The van der Waals surface area contributed by atoms with Gasteiger partial charge in [0.1, 0.15) is 5.69 Å². The molecule has 114 valence electrons. The minimum atomic E-state index is -4.48.